The fourth-order valence-electron chi connectivity index (χ4n) is 1.47. The average Bonchev–Trinajstić information content (AvgIpc) is 2.46. The number of benzene rings is 1. The van der Waals surface area contributed by atoms with Crippen LogP contribution in [0.1, 0.15) is 25.3 Å². The maximum Gasteiger partial charge on any atom is 0.201 e. The molecule has 2 rings (SSSR count). The smallest absolute Gasteiger partial charge is 0.201 e. The Hall–Kier alpha value is -1.09. The molecular formula is C10H10ClFN2. The molecule has 1 aromatic carbocycles. The molecule has 0 saturated carbocycles. The highest BCUT2D eigenvalue weighted by Gasteiger charge is 2.13. The van der Waals surface area contributed by atoms with Gasteiger partial charge in [-0.1, -0.05) is 19.9 Å². The van der Waals surface area contributed by atoms with Crippen LogP contribution >= 0.6 is 11.6 Å². The summed E-state index contributed by atoms with van der Waals surface area (Å²) in [7, 11) is 0. The lowest BCUT2D eigenvalue weighted by atomic mass is 10.0. The molecule has 0 aliphatic carbocycles. The van der Waals surface area contributed by atoms with Gasteiger partial charge in [-0.2, -0.15) is 0 Å². The third kappa shape index (κ3) is 1.38. The summed E-state index contributed by atoms with van der Waals surface area (Å²) in [6, 6.07) is 3.56. The lowest BCUT2D eigenvalue weighted by molar-refractivity contribution is 0.607. The van der Waals surface area contributed by atoms with Gasteiger partial charge in [0.05, 0.1) is 5.52 Å². The maximum atomic E-state index is 13.8. The monoisotopic (exact) mass is 212 g/mol. The van der Waals surface area contributed by atoms with E-state index in [1.807, 2.05) is 13.8 Å². The number of fused-ring (bicyclic) bond motifs is 1. The van der Waals surface area contributed by atoms with E-state index in [0.29, 0.717) is 16.6 Å². The van der Waals surface area contributed by atoms with Gasteiger partial charge in [-0.3, -0.25) is 0 Å². The van der Waals surface area contributed by atoms with Crippen molar-refractivity contribution in [2.75, 3.05) is 0 Å². The highest BCUT2D eigenvalue weighted by atomic mass is 35.5. The van der Waals surface area contributed by atoms with Gasteiger partial charge in [-0.05, 0) is 29.1 Å². The van der Waals surface area contributed by atoms with Crippen LogP contribution in [0.3, 0.4) is 0 Å². The molecule has 0 amide bonds. The van der Waals surface area contributed by atoms with Crippen LogP contribution in [-0.2, 0) is 0 Å². The fraction of sp³-hybridized carbons (Fsp3) is 0.300. The normalized spacial score (nSPS) is 11.5. The minimum atomic E-state index is -0.277. The molecular weight excluding hydrogens is 203 g/mol. The molecule has 0 aliphatic heterocycles. The highest BCUT2D eigenvalue weighted by Crippen LogP contribution is 2.25. The molecule has 2 nitrogen and oxygen atoms in total. The first kappa shape index (κ1) is 9.46. The Bertz CT molecular complexity index is 476. The van der Waals surface area contributed by atoms with Crippen LogP contribution < -0.4 is 0 Å². The van der Waals surface area contributed by atoms with Crippen molar-refractivity contribution in [3.63, 3.8) is 0 Å². The average molecular weight is 213 g/mol. The molecule has 14 heavy (non-hydrogen) atoms. The van der Waals surface area contributed by atoms with Crippen molar-refractivity contribution in [1.82, 2.24) is 9.97 Å². The summed E-state index contributed by atoms with van der Waals surface area (Å²) in [6.07, 6.45) is 0. The second-order valence-electron chi connectivity index (χ2n) is 3.55. The van der Waals surface area contributed by atoms with Gasteiger partial charge >= 0.3 is 0 Å². The van der Waals surface area contributed by atoms with Crippen LogP contribution in [0.25, 0.3) is 11.0 Å². The maximum absolute atomic E-state index is 13.8. The van der Waals surface area contributed by atoms with Crippen LogP contribution in [-0.4, -0.2) is 9.97 Å². The number of nitrogens with one attached hydrogen (secondary N) is 1. The van der Waals surface area contributed by atoms with Gasteiger partial charge in [0.1, 0.15) is 5.52 Å². The first-order valence-corrected chi connectivity index (χ1v) is 4.81. The van der Waals surface area contributed by atoms with Crippen LogP contribution in [0.2, 0.25) is 5.28 Å². The Morgan fingerprint density at radius 1 is 1.43 bits per heavy atom. The molecule has 1 heterocycles. The molecule has 4 heteroatoms. The van der Waals surface area contributed by atoms with Crippen LogP contribution in [0.4, 0.5) is 4.39 Å². The standard InChI is InChI=1S/C10H10ClFN2/c1-5(2)6-3-4-7-9(8(6)12)14-10(11)13-7/h3-5H,1-2H3,(H,13,14). The van der Waals surface area contributed by atoms with Gasteiger partial charge in [0.15, 0.2) is 5.82 Å². The first-order chi connectivity index (χ1) is 6.59. The van der Waals surface area contributed by atoms with Crippen LogP contribution in [0.5, 0.6) is 0 Å². The molecule has 74 valence electrons. The Balaban J connectivity index is 2.74. The minimum Gasteiger partial charge on any atom is -0.328 e. The Labute approximate surface area is 86.1 Å². The zero-order valence-corrected chi connectivity index (χ0v) is 8.69. The number of rotatable bonds is 1. The van der Waals surface area contributed by atoms with Crippen molar-refractivity contribution in [1.29, 1.82) is 0 Å². The van der Waals surface area contributed by atoms with Crippen molar-refractivity contribution in [3.8, 4) is 0 Å². The lowest BCUT2D eigenvalue weighted by Crippen LogP contribution is -1.93. The molecule has 0 bridgehead atoms. The SMILES string of the molecule is CC(C)c1ccc2[nH]c(Cl)nc2c1F. The Morgan fingerprint density at radius 3 is 2.79 bits per heavy atom. The predicted molar refractivity (Wildman–Crippen MR) is 55.2 cm³/mol. The Kier molecular flexibility index (Phi) is 2.19. The summed E-state index contributed by atoms with van der Waals surface area (Å²) in [5.41, 5.74) is 1.62. The number of imidazole rings is 1. The van der Waals surface area contributed by atoms with E-state index in [4.69, 9.17) is 11.6 Å². The van der Waals surface area contributed by atoms with Gasteiger partial charge in [0.25, 0.3) is 0 Å². The first-order valence-electron chi connectivity index (χ1n) is 4.43. The molecule has 0 unspecified atom stereocenters. The summed E-state index contributed by atoms with van der Waals surface area (Å²) in [4.78, 5) is 6.67. The van der Waals surface area contributed by atoms with Gasteiger partial charge < -0.3 is 4.98 Å². The second-order valence-corrected chi connectivity index (χ2v) is 3.91. The summed E-state index contributed by atoms with van der Waals surface area (Å²) >= 11 is 5.65. The third-order valence-electron chi connectivity index (χ3n) is 2.22. The highest BCUT2D eigenvalue weighted by molar-refractivity contribution is 6.29. The van der Waals surface area contributed by atoms with E-state index in [1.165, 1.54) is 0 Å². The van der Waals surface area contributed by atoms with Crippen molar-refractivity contribution in [2.24, 2.45) is 0 Å². The predicted octanol–water partition coefficient (Wildman–Crippen LogP) is 3.48. The van der Waals surface area contributed by atoms with E-state index >= 15 is 0 Å². The summed E-state index contributed by atoms with van der Waals surface area (Å²) in [5.74, 6) is -0.129. The van der Waals surface area contributed by atoms with Gasteiger partial charge in [-0.15, -0.1) is 0 Å². The zero-order chi connectivity index (χ0) is 10.3. The van der Waals surface area contributed by atoms with Crippen molar-refractivity contribution >= 4 is 22.6 Å². The molecule has 0 spiro atoms. The lowest BCUT2D eigenvalue weighted by Gasteiger charge is -2.06. The number of hydrogen-bond donors (Lipinski definition) is 1. The quantitative estimate of drug-likeness (QED) is 0.770. The fourth-order valence-corrected chi connectivity index (χ4v) is 1.66. The van der Waals surface area contributed by atoms with E-state index in [1.54, 1.807) is 12.1 Å². The van der Waals surface area contributed by atoms with Gasteiger partial charge in [0.2, 0.25) is 5.28 Å². The minimum absolute atomic E-state index is 0.148. The van der Waals surface area contributed by atoms with Gasteiger partial charge in [0, 0.05) is 0 Å². The largest absolute Gasteiger partial charge is 0.328 e. The number of aromatic nitrogens is 2. The summed E-state index contributed by atoms with van der Waals surface area (Å²) < 4.78 is 13.8. The number of hydrogen-bond acceptors (Lipinski definition) is 1. The molecule has 1 N–H and O–H groups in total. The van der Waals surface area contributed by atoms with Crippen LogP contribution in [0.15, 0.2) is 12.1 Å². The van der Waals surface area contributed by atoms with E-state index < -0.39 is 0 Å². The van der Waals surface area contributed by atoms with E-state index in [-0.39, 0.29) is 17.0 Å². The van der Waals surface area contributed by atoms with Gasteiger partial charge in [-0.25, -0.2) is 9.37 Å². The van der Waals surface area contributed by atoms with Crippen molar-refractivity contribution in [2.45, 2.75) is 19.8 Å². The third-order valence-corrected chi connectivity index (χ3v) is 2.39. The number of halogens is 2. The molecule has 0 radical (unpaired) electrons. The summed E-state index contributed by atoms with van der Waals surface area (Å²) in [5, 5.41) is 0.222. The van der Waals surface area contributed by atoms with E-state index in [9.17, 15) is 4.39 Å². The Morgan fingerprint density at radius 2 is 2.14 bits per heavy atom. The molecule has 0 fully saturated rings. The molecule has 0 atom stereocenters. The summed E-state index contributed by atoms with van der Waals surface area (Å²) in [6.45, 7) is 3.89. The molecule has 2 aromatic rings. The van der Waals surface area contributed by atoms with Crippen molar-refractivity contribution < 1.29 is 4.39 Å². The zero-order valence-electron chi connectivity index (χ0n) is 7.94. The number of nitrogens with zero attached hydrogens (tertiary/aromatic N) is 1. The molecule has 1 aromatic heterocycles. The van der Waals surface area contributed by atoms with E-state index in [2.05, 4.69) is 9.97 Å². The molecule has 0 saturated heterocycles. The number of aromatic amines is 1. The number of H-pyrrole nitrogens is 1. The van der Waals surface area contributed by atoms with E-state index in [0.717, 1.165) is 0 Å². The second kappa shape index (κ2) is 3.24. The van der Waals surface area contributed by atoms with Crippen LogP contribution in [0, 0.1) is 5.82 Å². The topological polar surface area (TPSA) is 28.7 Å². The molecule has 0 aliphatic rings. The van der Waals surface area contributed by atoms with Crippen molar-refractivity contribution in [3.05, 3.63) is 28.8 Å².